The number of nitrogens with zero attached hydrogens (tertiary/aromatic N) is 1. The maximum Gasteiger partial charge on any atom is 0.226 e. The van der Waals surface area contributed by atoms with Gasteiger partial charge in [-0.05, 0) is 37.1 Å². The zero-order valence-corrected chi connectivity index (χ0v) is 14.4. The van der Waals surface area contributed by atoms with E-state index in [9.17, 15) is 4.79 Å². The van der Waals surface area contributed by atoms with E-state index in [0.717, 1.165) is 30.9 Å². The summed E-state index contributed by atoms with van der Waals surface area (Å²) in [6.45, 7) is 5.03. The molecule has 0 fully saturated rings. The molecule has 0 radical (unpaired) electrons. The highest BCUT2D eigenvalue weighted by molar-refractivity contribution is 5.92. The van der Waals surface area contributed by atoms with Crippen LogP contribution < -0.4 is 9.64 Å². The first-order chi connectivity index (χ1) is 10.7. The predicted molar refractivity (Wildman–Crippen MR) is 93.6 cm³/mol. The third kappa shape index (κ3) is 6.97. The first kappa shape index (κ1) is 18.5. The Kier molecular flexibility index (Phi) is 9.36. The molecule has 1 aromatic rings. The van der Waals surface area contributed by atoms with Gasteiger partial charge in [-0.3, -0.25) is 4.79 Å². The Morgan fingerprint density at radius 1 is 0.955 bits per heavy atom. The third-order valence-electron chi connectivity index (χ3n) is 3.83. The van der Waals surface area contributed by atoms with Gasteiger partial charge < -0.3 is 9.64 Å². The van der Waals surface area contributed by atoms with E-state index in [1.54, 1.807) is 4.90 Å². The molecule has 0 aliphatic rings. The molecule has 22 heavy (non-hydrogen) atoms. The standard InChI is InChI=1S/C19H31NO2/c1-4-6-7-8-9-10-16-22-18-14-12-17(13-15-18)20(3)19(21)11-5-2/h12-15H,4-11,16H2,1-3H3. The maximum atomic E-state index is 11.8. The number of anilines is 1. The highest BCUT2D eigenvalue weighted by Crippen LogP contribution is 2.19. The summed E-state index contributed by atoms with van der Waals surface area (Å²) in [4.78, 5) is 13.6. The first-order valence-electron chi connectivity index (χ1n) is 8.68. The van der Waals surface area contributed by atoms with Crippen LogP contribution in [0, 0.1) is 0 Å². The largest absolute Gasteiger partial charge is 0.494 e. The van der Waals surface area contributed by atoms with Crippen molar-refractivity contribution in [2.24, 2.45) is 0 Å². The molecule has 0 saturated heterocycles. The fourth-order valence-electron chi connectivity index (χ4n) is 2.36. The van der Waals surface area contributed by atoms with Crippen molar-refractivity contribution in [2.75, 3.05) is 18.6 Å². The van der Waals surface area contributed by atoms with Crippen LogP contribution in [0.25, 0.3) is 0 Å². The molecule has 0 heterocycles. The summed E-state index contributed by atoms with van der Waals surface area (Å²) in [5.41, 5.74) is 0.922. The van der Waals surface area contributed by atoms with Gasteiger partial charge in [0.25, 0.3) is 0 Å². The minimum atomic E-state index is 0.156. The van der Waals surface area contributed by atoms with E-state index in [2.05, 4.69) is 6.92 Å². The third-order valence-corrected chi connectivity index (χ3v) is 3.83. The van der Waals surface area contributed by atoms with E-state index in [1.807, 2.05) is 38.2 Å². The summed E-state index contributed by atoms with van der Waals surface area (Å²) < 4.78 is 5.75. The van der Waals surface area contributed by atoms with Gasteiger partial charge in [-0.25, -0.2) is 0 Å². The number of carbonyl (C=O) groups is 1. The van der Waals surface area contributed by atoms with Crippen LogP contribution in [0.4, 0.5) is 5.69 Å². The van der Waals surface area contributed by atoms with Crippen molar-refractivity contribution in [3.05, 3.63) is 24.3 Å². The lowest BCUT2D eigenvalue weighted by molar-refractivity contribution is -0.118. The second-order valence-electron chi connectivity index (χ2n) is 5.81. The predicted octanol–water partition coefficient (Wildman–Crippen LogP) is 5.19. The number of amides is 1. The number of benzene rings is 1. The SMILES string of the molecule is CCCCCCCCOc1ccc(N(C)C(=O)CCC)cc1. The second-order valence-corrected chi connectivity index (χ2v) is 5.81. The molecule has 0 saturated carbocycles. The fraction of sp³-hybridized carbons (Fsp3) is 0.632. The molecule has 1 rings (SSSR count). The van der Waals surface area contributed by atoms with Crippen molar-refractivity contribution >= 4 is 11.6 Å². The average molecular weight is 305 g/mol. The van der Waals surface area contributed by atoms with Crippen LogP contribution in [0.3, 0.4) is 0 Å². The Hall–Kier alpha value is -1.51. The molecule has 1 aromatic carbocycles. The van der Waals surface area contributed by atoms with Crippen molar-refractivity contribution in [1.82, 2.24) is 0 Å². The topological polar surface area (TPSA) is 29.5 Å². The van der Waals surface area contributed by atoms with Crippen LogP contribution in [0.5, 0.6) is 5.75 Å². The van der Waals surface area contributed by atoms with Gasteiger partial charge in [0.2, 0.25) is 5.91 Å². The summed E-state index contributed by atoms with van der Waals surface area (Å²) in [5.74, 6) is 1.04. The normalized spacial score (nSPS) is 10.5. The van der Waals surface area contributed by atoms with Crippen LogP contribution in [0.2, 0.25) is 0 Å². The maximum absolute atomic E-state index is 11.8. The van der Waals surface area contributed by atoms with Crippen LogP contribution in [0.1, 0.15) is 65.2 Å². The summed E-state index contributed by atoms with van der Waals surface area (Å²) in [6.07, 6.45) is 9.09. The Balaban J connectivity index is 2.28. The van der Waals surface area contributed by atoms with Crippen molar-refractivity contribution in [1.29, 1.82) is 0 Å². The number of hydrogen-bond donors (Lipinski definition) is 0. The van der Waals surface area contributed by atoms with Crippen LogP contribution in [-0.4, -0.2) is 19.6 Å². The number of ether oxygens (including phenoxy) is 1. The molecule has 0 atom stereocenters. The highest BCUT2D eigenvalue weighted by Gasteiger charge is 2.09. The van der Waals surface area contributed by atoms with Gasteiger partial charge in [0.05, 0.1) is 6.61 Å². The van der Waals surface area contributed by atoms with E-state index < -0.39 is 0 Å². The van der Waals surface area contributed by atoms with Gasteiger partial charge in [-0.2, -0.15) is 0 Å². The molecule has 0 aliphatic heterocycles. The van der Waals surface area contributed by atoms with Gasteiger partial charge in [-0.1, -0.05) is 46.0 Å². The van der Waals surface area contributed by atoms with E-state index in [4.69, 9.17) is 4.74 Å². The van der Waals surface area contributed by atoms with E-state index in [1.165, 1.54) is 32.1 Å². The Bertz CT molecular complexity index is 414. The minimum Gasteiger partial charge on any atom is -0.494 e. The molecule has 0 N–H and O–H groups in total. The molecule has 0 unspecified atom stereocenters. The molecule has 0 aromatic heterocycles. The van der Waals surface area contributed by atoms with E-state index in [0.29, 0.717) is 6.42 Å². The summed E-state index contributed by atoms with van der Waals surface area (Å²) >= 11 is 0. The van der Waals surface area contributed by atoms with Gasteiger partial charge in [-0.15, -0.1) is 0 Å². The molecular weight excluding hydrogens is 274 g/mol. The lowest BCUT2D eigenvalue weighted by atomic mass is 10.1. The van der Waals surface area contributed by atoms with Crippen LogP contribution in [-0.2, 0) is 4.79 Å². The van der Waals surface area contributed by atoms with E-state index >= 15 is 0 Å². The zero-order chi connectivity index (χ0) is 16.2. The van der Waals surface area contributed by atoms with Crippen molar-refractivity contribution < 1.29 is 9.53 Å². The molecule has 1 amide bonds. The number of carbonyl (C=O) groups excluding carboxylic acids is 1. The number of hydrogen-bond acceptors (Lipinski definition) is 2. The molecular formula is C19H31NO2. The van der Waals surface area contributed by atoms with Crippen LogP contribution >= 0.6 is 0 Å². The lowest BCUT2D eigenvalue weighted by Crippen LogP contribution is -2.25. The van der Waals surface area contributed by atoms with Gasteiger partial charge in [0, 0.05) is 19.2 Å². The van der Waals surface area contributed by atoms with Gasteiger partial charge >= 0.3 is 0 Å². The first-order valence-corrected chi connectivity index (χ1v) is 8.68. The number of unbranched alkanes of at least 4 members (excludes halogenated alkanes) is 5. The average Bonchev–Trinajstić information content (AvgIpc) is 2.54. The minimum absolute atomic E-state index is 0.156. The molecule has 3 nitrogen and oxygen atoms in total. The lowest BCUT2D eigenvalue weighted by Gasteiger charge is -2.17. The van der Waals surface area contributed by atoms with Crippen LogP contribution in [0.15, 0.2) is 24.3 Å². The molecule has 0 bridgehead atoms. The van der Waals surface area contributed by atoms with Crippen molar-refractivity contribution in [3.63, 3.8) is 0 Å². The summed E-state index contributed by atoms with van der Waals surface area (Å²) in [7, 11) is 1.82. The highest BCUT2D eigenvalue weighted by atomic mass is 16.5. The monoisotopic (exact) mass is 305 g/mol. The molecule has 3 heteroatoms. The fourth-order valence-corrected chi connectivity index (χ4v) is 2.36. The molecule has 0 spiro atoms. The second kappa shape index (κ2) is 11.1. The Morgan fingerprint density at radius 3 is 2.23 bits per heavy atom. The van der Waals surface area contributed by atoms with Crippen molar-refractivity contribution in [2.45, 2.75) is 65.2 Å². The molecule has 0 aliphatic carbocycles. The number of rotatable bonds is 11. The summed E-state index contributed by atoms with van der Waals surface area (Å²) in [6, 6.07) is 7.79. The Morgan fingerprint density at radius 2 is 1.59 bits per heavy atom. The quantitative estimate of drug-likeness (QED) is 0.527. The molecule has 124 valence electrons. The van der Waals surface area contributed by atoms with Gasteiger partial charge in [0.15, 0.2) is 0 Å². The zero-order valence-electron chi connectivity index (χ0n) is 14.4. The van der Waals surface area contributed by atoms with E-state index in [-0.39, 0.29) is 5.91 Å². The smallest absolute Gasteiger partial charge is 0.226 e. The summed E-state index contributed by atoms with van der Waals surface area (Å²) in [5, 5.41) is 0. The van der Waals surface area contributed by atoms with Crippen molar-refractivity contribution in [3.8, 4) is 5.75 Å². The Labute approximate surface area is 135 Å². The van der Waals surface area contributed by atoms with Gasteiger partial charge in [0.1, 0.15) is 5.75 Å².